The summed E-state index contributed by atoms with van der Waals surface area (Å²) >= 11 is 1.43. The van der Waals surface area contributed by atoms with E-state index in [1.807, 2.05) is 11.4 Å². The summed E-state index contributed by atoms with van der Waals surface area (Å²) in [5.41, 5.74) is 0.974. The fourth-order valence-electron chi connectivity index (χ4n) is 3.31. The Morgan fingerprint density at radius 3 is 2.90 bits per heavy atom. The van der Waals surface area contributed by atoms with E-state index in [4.69, 9.17) is 0 Å². The van der Waals surface area contributed by atoms with Crippen LogP contribution in [0, 0.1) is 0 Å². The van der Waals surface area contributed by atoms with Gasteiger partial charge in [-0.25, -0.2) is 0 Å². The molecule has 0 saturated carbocycles. The van der Waals surface area contributed by atoms with Gasteiger partial charge < -0.3 is 10.2 Å². The van der Waals surface area contributed by atoms with Gasteiger partial charge in [-0.15, -0.1) is 11.3 Å². The van der Waals surface area contributed by atoms with Crippen LogP contribution in [0.4, 0.5) is 0 Å². The summed E-state index contributed by atoms with van der Waals surface area (Å²) in [5.74, 6) is 0.293. The van der Waals surface area contributed by atoms with Gasteiger partial charge in [0.15, 0.2) is 5.78 Å². The molecule has 0 aromatic carbocycles. The summed E-state index contributed by atoms with van der Waals surface area (Å²) in [6, 6.07) is 2.64. The SMILES string of the molecule is CC(=O)c1cc(CC(=O)N2[C@H]3CCNC[C@@H]2CC3)cs1. The lowest BCUT2D eigenvalue weighted by Gasteiger charge is -2.27. The topological polar surface area (TPSA) is 49.4 Å². The Hall–Kier alpha value is -1.20. The van der Waals surface area contributed by atoms with Crippen LogP contribution in [0.2, 0.25) is 0 Å². The van der Waals surface area contributed by atoms with E-state index in [1.165, 1.54) is 11.3 Å². The molecule has 2 aliphatic rings. The van der Waals surface area contributed by atoms with Gasteiger partial charge in [0.05, 0.1) is 11.3 Å². The van der Waals surface area contributed by atoms with Crippen LogP contribution in [0.15, 0.2) is 11.4 Å². The van der Waals surface area contributed by atoms with E-state index in [-0.39, 0.29) is 11.7 Å². The van der Waals surface area contributed by atoms with Gasteiger partial charge in [0.1, 0.15) is 0 Å². The number of carbonyl (C=O) groups excluding carboxylic acids is 2. The van der Waals surface area contributed by atoms with E-state index in [0.29, 0.717) is 18.5 Å². The lowest BCUT2D eigenvalue weighted by Crippen LogP contribution is -2.43. The minimum absolute atomic E-state index is 0.0766. The standard InChI is InChI=1S/C15H20N2O2S/c1-10(18)14-6-11(9-20-14)7-15(19)17-12-2-3-13(17)8-16-5-4-12/h6,9,12-13,16H,2-5,7-8H2,1H3/t12-,13+/m1/s1. The van der Waals surface area contributed by atoms with Crippen molar-refractivity contribution >= 4 is 23.0 Å². The Kier molecular flexibility index (Phi) is 3.89. The maximum atomic E-state index is 12.6. The maximum absolute atomic E-state index is 12.6. The molecule has 1 aromatic heterocycles. The van der Waals surface area contributed by atoms with Crippen molar-refractivity contribution in [3.8, 4) is 0 Å². The van der Waals surface area contributed by atoms with Gasteiger partial charge in [-0.05, 0) is 49.7 Å². The number of rotatable bonds is 3. The highest BCUT2D eigenvalue weighted by Gasteiger charge is 2.37. The average molecular weight is 292 g/mol. The zero-order valence-electron chi connectivity index (χ0n) is 11.7. The van der Waals surface area contributed by atoms with Crippen LogP contribution < -0.4 is 5.32 Å². The molecule has 2 bridgehead atoms. The summed E-state index contributed by atoms with van der Waals surface area (Å²) in [6.07, 6.45) is 3.74. The number of hydrogen-bond donors (Lipinski definition) is 1. The van der Waals surface area contributed by atoms with Crippen molar-refractivity contribution in [1.29, 1.82) is 0 Å². The van der Waals surface area contributed by atoms with E-state index in [1.54, 1.807) is 6.92 Å². The van der Waals surface area contributed by atoms with E-state index in [9.17, 15) is 9.59 Å². The minimum atomic E-state index is 0.0766. The molecule has 0 radical (unpaired) electrons. The molecule has 2 saturated heterocycles. The van der Waals surface area contributed by atoms with Crippen molar-refractivity contribution in [2.45, 2.75) is 44.7 Å². The second-order valence-corrected chi connectivity index (χ2v) is 6.64. The van der Waals surface area contributed by atoms with Gasteiger partial charge in [0, 0.05) is 18.6 Å². The quantitative estimate of drug-likeness (QED) is 0.865. The fourth-order valence-corrected chi connectivity index (χ4v) is 4.12. The number of carbonyl (C=O) groups is 2. The predicted octanol–water partition coefficient (Wildman–Crippen LogP) is 1.85. The summed E-state index contributed by atoms with van der Waals surface area (Å²) in [6.45, 7) is 3.50. The van der Waals surface area contributed by atoms with Gasteiger partial charge >= 0.3 is 0 Å². The van der Waals surface area contributed by atoms with Gasteiger partial charge in [-0.3, -0.25) is 9.59 Å². The maximum Gasteiger partial charge on any atom is 0.227 e. The second-order valence-electron chi connectivity index (χ2n) is 5.73. The zero-order valence-corrected chi connectivity index (χ0v) is 12.5. The number of ketones is 1. The Bertz CT molecular complexity index is 512. The molecule has 4 nitrogen and oxygen atoms in total. The zero-order chi connectivity index (χ0) is 14.1. The van der Waals surface area contributed by atoms with Gasteiger partial charge in [-0.2, -0.15) is 0 Å². The summed E-state index contributed by atoms with van der Waals surface area (Å²) in [7, 11) is 0. The third kappa shape index (κ3) is 2.65. The number of hydrogen-bond acceptors (Lipinski definition) is 4. The Labute approximate surface area is 123 Å². The molecule has 1 aromatic rings. The normalized spacial score (nSPS) is 25.6. The molecule has 0 unspecified atom stereocenters. The number of thiophene rings is 1. The van der Waals surface area contributed by atoms with Crippen LogP contribution in [0.5, 0.6) is 0 Å². The van der Waals surface area contributed by atoms with E-state index in [2.05, 4.69) is 10.2 Å². The van der Waals surface area contributed by atoms with E-state index < -0.39 is 0 Å². The number of nitrogens with one attached hydrogen (secondary N) is 1. The Morgan fingerprint density at radius 1 is 1.35 bits per heavy atom. The number of Topliss-reactive ketones (excluding diaryl/α,β-unsaturated/α-hetero) is 1. The van der Waals surface area contributed by atoms with Crippen LogP contribution in [-0.4, -0.2) is 41.8 Å². The van der Waals surface area contributed by atoms with Crippen LogP contribution >= 0.6 is 11.3 Å². The van der Waals surface area contributed by atoms with Gasteiger partial charge in [0.2, 0.25) is 5.91 Å². The van der Waals surface area contributed by atoms with Crippen LogP contribution in [0.3, 0.4) is 0 Å². The molecule has 5 heteroatoms. The Morgan fingerprint density at radius 2 is 2.15 bits per heavy atom. The van der Waals surface area contributed by atoms with Crippen LogP contribution in [0.1, 0.15) is 41.4 Å². The smallest absolute Gasteiger partial charge is 0.227 e. The highest BCUT2D eigenvalue weighted by atomic mass is 32.1. The molecule has 1 N–H and O–H groups in total. The predicted molar refractivity (Wildman–Crippen MR) is 79.2 cm³/mol. The minimum Gasteiger partial charge on any atom is -0.335 e. The molecule has 108 valence electrons. The summed E-state index contributed by atoms with van der Waals surface area (Å²) < 4.78 is 0. The third-order valence-electron chi connectivity index (χ3n) is 4.30. The molecular weight excluding hydrogens is 272 g/mol. The van der Waals surface area contributed by atoms with Crippen molar-refractivity contribution < 1.29 is 9.59 Å². The highest BCUT2D eigenvalue weighted by molar-refractivity contribution is 7.12. The molecule has 2 aliphatic heterocycles. The van der Waals surface area contributed by atoms with E-state index >= 15 is 0 Å². The number of amides is 1. The first-order chi connectivity index (χ1) is 9.65. The summed E-state index contributed by atoms with van der Waals surface area (Å²) in [5, 5.41) is 5.35. The molecule has 2 fully saturated rings. The molecule has 0 aliphatic carbocycles. The van der Waals surface area contributed by atoms with Crippen molar-refractivity contribution in [3.05, 3.63) is 21.9 Å². The monoisotopic (exact) mass is 292 g/mol. The molecule has 1 amide bonds. The molecular formula is C15H20N2O2S. The number of nitrogens with zero attached hydrogens (tertiary/aromatic N) is 1. The van der Waals surface area contributed by atoms with Crippen LogP contribution in [-0.2, 0) is 11.2 Å². The molecule has 0 spiro atoms. The lowest BCUT2D eigenvalue weighted by molar-refractivity contribution is -0.133. The van der Waals surface area contributed by atoms with Gasteiger partial charge in [0.25, 0.3) is 0 Å². The van der Waals surface area contributed by atoms with Crippen LogP contribution in [0.25, 0.3) is 0 Å². The first-order valence-corrected chi connectivity index (χ1v) is 8.13. The lowest BCUT2D eigenvalue weighted by atomic mass is 10.1. The first kappa shape index (κ1) is 13.8. The molecule has 20 heavy (non-hydrogen) atoms. The molecule has 2 atom stereocenters. The van der Waals surface area contributed by atoms with Crippen molar-refractivity contribution in [2.24, 2.45) is 0 Å². The fraction of sp³-hybridized carbons (Fsp3) is 0.600. The largest absolute Gasteiger partial charge is 0.335 e. The summed E-state index contributed by atoms with van der Waals surface area (Å²) in [4.78, 5) is 26.7. The van der Waals surface area contributed by atoms with Gasteiger partial charge in [-0.1, -0.05) is 0 Å². The first-order valence-electron chi connectivity index (χ1n) is 7.25. The Balaban J connectivity index is 1.70. The van der Waals surface area contributed by atoms with Crippen molar-refractivity contribution in [2.75, 3.05) is 13.1 Å². The second kappa shape index (κ2) is 5.66. The highest BCUT2D eigenvalue weighted by Crippen LogP contribution is 2.29. The molecule has 3 rings (SSSR count). The average Bonchev–Trinajstić information content (AvgIpc) is 2.93. The van der Waals surface area contributed by atoms with Crippen molar-refractivity contribution in [1.82, 2.24) is 10.2 Å². The number of fused-ring (bicyclic) bond motifs is 2. The third-order valence-corrected chi connectivity index (χ3v) is 5.38. The van der Waals surface area contributed by atoms with E-state index in [0.717, 1.165) is 42.8 Å². The van der Waals surface area contributed by atoms with Crippen molar-refractivity contribution in [3.63, 3.8) is 0 Å². The molecule has 3 heterocycles.